The maximum Gasteiger partial charge on any atom is 0.127 e. The lowest BCUT2D eigenvalue weighted by Gasteiger charge is -2.21. The van der Waals surface area contributed by atoms with Crippen molar-refractivity contribution in [2.45, 2.75) is 25.4 Å². The zero-order chi connectivity index (χ0) is 10.6. The fraction of sp³-hybridized carbons (Fsp3) is 0.455. The van der Waals surface area contributed by atoms with Crippen LogP contribution in [-0.2, 0) is 6.42 Å². The van der Waals surface area contributed by atoms with Crippen molar-refractivity contribution >= 4 is 0 Å². The van der Waals surface area contributed by atoms with Gasteiger partial charge in [-0.05, 0) is 18.1 Å². The monoisotopic (exact) mass is 199 g/mol. The van der Waals surface area contributed by atoms with Crippen LogP contribution in [0.25, 0.3) is 0 Å². The Balaban J connectivity index is 2.82. The SMILES string of the molecule is CCC(F)(CN)Cc1ccccc1F. The summed E-state index contributed by atoms with van der Waals surface area (Å²) in [5.41, 5.74) is 4.23. The average Bonchev–Trinajstić information content (AvgIpc) is 2.21. The Kier molecular flexibility index (Phi) is 3.58. The van der Waals surface area contributed by atoms with Crippen LogP contribution in [0.1, 0.15) is 18.9 Å². The predicted octanol–water partition coefficient (Wildman–Crippen LogP) is 2.45. The molecule has 0 bridgehead atoms. The van der Waals surface area contributed by atoms with Crippen LogP contribution in [0, 0.1) is 5.82 Å². The molecule has 1 rings (SSSR count). The Hall–Kier alpha value is -0.960. The van der Waals surface area contributed by atoms with Gasteiger partial charge in [0.15, 0.2) is 0 Å². The minimum Gasteiger partial charge on any atom is -0.328 e. The Labute approximate surface area is 82.9 Å². The summed E-state index contributed by atoms with van der Waals surface area (Å²) in [6.07, 6.45) is 0.352. The molecule has 1 nitrogen and oxygen atoms in total. The third-order valence-corrected chi connectivity index (χ3v) is 2.46. The first kappa shape index (κ1) is 11.1. The van der Waals surface area contributed by atoms with E-state index >= 15 is 0 Å². The number of halogens is 2. The molecule has 0 amide bonds. The Bertz CT molecular complexity index is 295. The van der Waals surface area contributed by atoms with Crippen molar-refractivity contribution in [3.63, 3.8) is 0 Å². The molecule has 0 aliphatic carbocycles. The van der Waals surface area contributed by atoms with Gasteiger partial charge < -0.3 is 5.73 Å². The Morgan fingerprint density at radius 3 is 2.50 bits per heavy atom. The smallest absolute Gasteiger partial charge is 0.127 e. The van der Waals surface area contributed by atoms with Gasteiger partial charge in [-0.15, -0.1) is 0 Å². The summed E-state index contributed by atoms with van der Waals surface area (Å²) in [5, 5.41) is 0. The zero-order valence-electron chi connectivity index (χ0n) is 8.26. The number of hydrogen-bond donors (Lipinski definition) is 1. The molecule has 1 aromatic carbocycles. The zero-order valence-corrected chi connectivity index (χ0v) is 8.26. The molecule has 0 heterocycles. The normalized spacial score (nSPS) is 15.1. The van der Waals surface area contributed by atoms with Crippen LogP contribution in [0.3, 0.4) is 0 Å². The van der Waals surface area contributed by atoms with Gasteiger partial charge in [-0.2, -0.15) is 0 Å². The van der Waals surface area contributed by atoms with Crippen molar-refractivity contribution in [3.05, 3.63) is 35.6 Å². The highest BCUT2D eigenvalue weighted by Crippen LogP contribution is 2.22. The quantitative estimate of drug-likeness (QED) is 0.792. The molecule has 0 fully saturated rings. The second kappa shape index (κ2) is 4.51. The van der Waals surface area contributed by atoms with Crippen molar-refractivity contribution in [1.82, 2.24) is 0 Å². The van der Waals surface area contributed by atoms with Crippen LogP contribution in [0.5, 0.6) is 0 Å². The summed E-state index contributed by atoms with van der Waals surface area (Å²) in [4.78, 5) is 0. The third kappa shape index (κ3) is 2.51. The van der Waals surface area contributed by atoms with E-state index < -0.39 is 5.67 Å². The highest BCUT2D eigenvalue weighted by Gasteiger charge is 2.26. The van der Waals surface area contributed by atoms with Gasteiger partial charge in [0.1, 0.15) is 11.5 Å². The molecule has 0 saturated heterocycles. The molecule has 2 N–H and O–H groups in total. The summed E-state index contributed by atoms with van der Waals surface area (Å²) >= 11 is 0. The molecule has 3 heteroatoms. The largest absolute Gasteiger partial charge is 0.328 e. The highest BCUT2D eigenvalue weighted by atomic mass is 19.1. The van der Waals surface area contributed by atoms with Crippen LogP contribution in [-0.4, -0.2) is 12.2 Å². The maximum atomic E-state index is 13.8. The molecule has 0 aliphatic heterocycles. The minimum absolute atomic E-state index is 0.0483. The molecule has 0 radical (unpaired) electrons. The molecule has 78 valence electrons. The van der Waals surface area contributed by atoms with E-state index in [-0.39, 0.29) is 18.8 Å². The Morgan fingerprint density at radius 2 is 2.00 bits per heavy atom. The predicted molar refractivity (Wildman–Crippen MR) is 53.3 cm³/mol. The first-order chi connectivity index (χ1) is 6.61. The maximum absolute atomic E-state index is 13.8. The van der Waals surface area contributed by atoms with Crippen molar-refractivity contribution in [3.8, 4) is 0 Å². The molecule has 14 heavy (non-hydrogen) atoms. The molecule has 0 saturated carbocycles. The van der Waals surface area contributed by atoms with Gasteiger partial charge in [0.2, 0.25) is 0 Å². The third-order valence-electron chi connectivity index (χ3n) is 2.46. The van der Waals surface area contributed by atoms with E-state index in [1.165, 1.54) is 6.07 Å². The highest BCUT2D eigenvalue weighted by molar-refractivity contribution is 5.19. The van der Waals surface area contributed by atoms with Gasteiger partial charge in [0, 0.05) is 13.0 Å². The van der Waals surface area contributed by atoms with E-state index in [9.17, 15) is 8.78 Å². The van der Waals surface area contributed by atoms with Crippen LogP contribution in [0.15, 0.2) is 24.3 Å². The van der Waals surface area contributed by atoms with E-state index in [4.69, 9.17) is 5.73 Å². The summed E-state index contributed by atoms with van der Waals surface area (Å²) in [6, 6.07) is 6.22. The van der Waals surface area contributed by atoms with E-state index in [0.717, 1.165) is 0 Å². The van der Waals surface area contributed by atoms with E-state index in [0.29, 0.717) is 12.0 Å². The van der Waals surface area contributed by atoms with Crippen molar-refractivity contribution in [2.24, 2.45) is 5.73 Å². The molecule has 0 aliphatic rings. The fourth-order valence-corrected chi connectivity index (χ4v) is 1.32. The van der Waals surface area contributed by atoms with Crippen LogP contribution in [0.4, 0.5) is 8.78 Å². The van der Waals surface area contributed by atoms with Crippen molar-refractivity contribution in [1.29, 1.82) is 0 Å². The minimum atomic E-state index is -1.48. The lowest BCUT2D eigenvalue weighted by Crippen LogP contribution is -2.34. The van der Waals surface area contributed by atoms with Crippen molar-refractivity contribution < 1.29 is 8.78 Å². The van der Waals surface area contributed by atoms with E-state index in [1.807, 2.05) is 0 Å². The molecule has 1 aromatic rings. The summed E-state index contributed by atoms with van der Waals surface area (Å²) in [5.74, 6) is -0.364. The number of rotatable bonds is 4. The summed E-state index contributed by atoms with van der Waals surface area (Å²) in [6.45, 7) is 1.64. The standard InChI is InChI=1S/C11H15F2N/c1-2-11(13,8-14)7-9-5-3-4-6-10(9)12/h3-6H,2,7-8,14H2,1H3. The lowest BCUT2D eigenvalue weighted by molar-refractivity contribution is 0.166. The molecule has 0 spiro atoms. The number of benzene rings is 1. The average molecular weight is 199 g/mol. The van der Waals surface area contributed by atoms with Gasteiger partial charge in [0.25, 0.3) is 0 Å². The molecule has 0 aromatic heterocycles. The van der Waals surface area contributed by atoms with Crippen LogP contribution >= 0.6 is 0 Å². The van der Waals surface area contributed by atoms with Gasteiger partial charge in [0.05, 0.1) is 0 Å². The van der Waals surface area contributed by atoms with Gasteiger partial charge in [-0.1, -0.05) is 25.1 Å². The number of alkyl halides is 1. The summed E-state index contributed by atoms with van der Waals surface area (Å²) in [7, 11) is 0. The summed E-state index contributed by atoms with van der Waals surface area (Å²) < 4.78 is 27.0. The Morgan fingerprint density at radius 1 is 1.36 bits per heavy atom. The topological polar surface area (TPSA) is 26.0 Å². The second-order valence-electron chi connectivity index (χ2n) is 3.48. The second-order valence-corrected chi connectivity index (χ2v) is 3.48. The number of nitrogens with two attached hydrogens (primary N) is 1. The molecular formula is C11H15F2N. The van der Waals surface area contributed by atoms with Crippen LogP contribution in [0.2, 0.25) is 0 Å². The first-order valence-corrected chi connectivity index (χ1v) is 4.73. The van der Waals surface area contributed by atoms with Gasteiger partial charge >= 0.3 is 0 Å². The van der Waals surface area contributed by atoms with Gasteiger partial charge in [-0.25, -0.2) is 8.78 Å². The molecule has 1 atom stereocenters. The van der Waals surface area contributed by atoms with Crippen LogP contribution < -0.4 is 5.73 Å². The lowest BCUT2D eigenvalue weighted by atomic mass is 9.93. The molecule has 1 unspecified atom stereocenters. The van der Waals surface area contributed by atoms with E-state index in [2.05, 4.69) is 0 Å². The van der Waals surface area contributed by atoms with Gasteiger partial charge in [-0.3, -0.25) is 0 Å². The van der Waals surface area contributed by atoms with Crippen molar-refractivity contribution in [2.75, 3.05) is 6.54 Å². The first-order valence-electron chi connectivity index (χ1n) is 4.73. The fourth-order valence-electron chi connectivity index (χ4n) is 1.32. The molecular weight excluding hydrogens is 184 g/mol. The van der Waals surface area contributed by atoms with E-state index in [1.54, 1.807) is 25.1 Å². The number of hydrogen-bond acceptors (Lipinski definition) is 1.